The molecule has 0 saturated carbocycles. The molecule has 2 rings (SSSR count). The number of nitrogens with one attached hydrogen (secondary N) is 1. The summed E-state index contributed by atoms with van der Waals surface area (Å²) in [7, 11) is 1.59. The van der Waals surface area contributed by atoms with Crippen molar-refractivity contribution < 1.29 is 14.0 Å². The van der Waals surface area contributed by atoms with E-state index < -0.39 is 0 Å². The van der Waals surface area contributed by atoms with E-state index in [4.69, 9.17) is 4.42 Å². The molecule has 1 aromatic heterocycles. The highest BCUT2D eigenvalue weighted by molar-refractivity contribution is 9.10. The minimum absolute atomic E-state index is 0.0214. The Labute approximate surface area is 145 Å². The monoisotopic (exact) mass is 385 g/mol. The molecule has 1 aliphatic rings. The molecule has 1 atom stereocenters. The van der Waals surface area contributed by atoms with Crippen LogP contribution in [0, 0.1) is 5.92 Å². The number of likely N-dealkylation sites (N-methyl/N-ethyl adjacent to an activating group) is 1. The summed E-state index contributed by atoms with van der Waals surface area (Å²) in [5.41, 5.74) is 0. The number of carbonyl (C=O) groups excluding carboxylic acids is 2. The van der Waals surface area contributed by atoms with Gasteiger partial charge in [-0.05, 0) is 53.4 Å². The summed E-state index contributed by atoms with van der Waals surface area (Å²) in [6.07, 6.45) is 2.52. The molecule has 23 heavy (non-hydrogen) atoms. The fraction of sp³-hybridized carbons (Fsp3) is 0.625. The number of rotatable bonds is 6. The van der Waals surface area contributed by atoms with Crippen molar-refractivity contribution in [2.24, 2.45) is 5.92 Å². The maximum atomic E-state index is 12.1. The molecule has 128 valence electrons. The molecule has 1 aliphatic heterocycles. The third-order valence-electron chi connectivity index (χ3n) is 4.00. The van der Waals surface area contributed by atoms with Crippen LogP contribution >= 0.6 is 15.9 Å². The van der Waals surface area contributed by atoms with Crippen LogP contribution in [0.3, 0.4) is 0 Å². The number of hydrogen-bond acceptors (Lipinski definition) is 4. The van der Waals surface area contributed by atoms with Crippen molar-refractivity contribution in [1.29, 1.82) is 0 Å². The first-order chi connectivity index (χ1) is 11.0. The number of carbonyl (C=O) groups is 2. The summed E-state index contributed by atoms with van der Waals surface area (Å²) in [6.45, 7) is 5.96. The number of halogens is 1. The van der Waals surface area contributed by atoms with Crippen molar-refractivity contribution in [2.75, 3.05) is 39.8 Å². The fourth-order valence-electron chi connectivity index (χ4n) is 2.80. The van der Waals surface area contributed by atoms with E-state index in [2.05, 4.69) is 33.1 Å². The summed E-state index contributed by atoms with van der Waals surface area (Å²) >= 11 is 3.16. The molecule has 2 amide bonds. The van der Waals surface area contributed by atoms with Crippen LogP contribution in [0.5, 0.6) is 0 Å². The minimum atomic E-state index is -0.310. The number of furan rings is 1. The van der Waals surface area contributed by atoms with Crippen molar-refractivity contribution in [2.45, 2.75) is 19.8 Å². The van der Waals surface area contributed by atoms with Gasteiger partial charge in [-0.2, -0.15) is 0 Å². The van der Waals surface area contributed by atoms with Crippen LogP contribution in [0.2, 0.25) is 0 Å². The molecular weight excluding hydrogens is 362 g/mol. The van der Waals surface area contributed by atoms with E-state index in [1.54, 1.807) is 19.2 Å². The molecule has 1 aromatic rings. The normalized spacial score (nSPS) is 18.7. The van der Waals surface area contributed by atoms with Crippen molar-refractivity contribution >= 4 is 27.7 Å². The van der Waals surface area contributed by atoms with Crippen LogP contribution < -0.4 is 5.32 Å². The van der Waals surface area contributed by atoms with Crippen molar-refractivity contribution in [1.82, 2.24) is 15.1 Å². The third-order valence-corrected chi connectivity index (χ3v) is 4.43. The zero-order chi connectivity index (χ0) is 16.8. The first kappa shape index (κ1) is 18.0. The smallest absolute Gasteiger partial charge is 0.289 e. The summed E-state index contributed by atoms with van der Waals surface area (Å²) < 4.78 is 5.70. The van der Waals surface area contributed by atoms with Crippen LogP contribution in [0.15, 0.2) is 21.2 Å². The first-order valence-corrected chi connectivity index (χ1v) is 8.75. The lowest BCUT2D eigenvalue weighted by Gasteiger charge is -2.30. The lowest BCUT2D eigenvalue weighted by Crippen LogP contribution is -2.43. The molecule has 0 aliphatic carbocycles. The Kier molecular flexibility index (Phi) is 6.65. The average molecular weight is 386 g/mol. The van der Waals surface area contributed by atoms with Gasteiger partial charge in [0, 0.05) is 26.7 Å². The van der Waals surface area contributed by atoms with E-state index >= 15 is 0 Å². The highest BCUT2D eigenvalue weighted by Gasteiger charge is 2.19. The Hall–Kier alpha value is -1.34. The lowest BCUT2D eigenvalue weighted by molar-refractivity contribution is -0.121. The van der Waals surface area contributed by atoms with Crippen LogP contribution in [0.4, 0.5) is 0 Å². The summed E-state index contributed by atoms with van der Waals surface area (Å²) in [4.78, 5) is 27.7. The maximum absolute atomic E-state index is 12.1. The standard InChI is InChI=1S/C16H24BrN3O3/c1-12-4-3-8-20(10-12)9-7-18-15(21)11-19(2)16(22)13-5-6-14(17)23-13/h5-6,12H,3-4,7-11H2,1-2H3,(H,18,21). The molecule has 7 heteroatoms. The number of likely N-dealkylation sites (tertiary alicyclic amines) is 1. The van der Waals surface area contributed by atoms with Crippen LogP contribution in [-0.4, -0.2) is 61.4 Å². The molecule has 0 spiro atoms. The summed E-state index contributed by atoms with van der Waals surface area (Å²) in [5.74, 6) is 0.484. The van der Waals surface area contributed by atoms with Crippen LogP contribution in [0.1, 0.15) is 30.3 Å². The Morgan fingerprint density at radius 1 is 1.48 bits per heavy atom. The zero-order valence-corrected chi connectivity index (χ0v) is 15.3. The molecule has 0 radical (unpaired) electrons. The average Bonchev–Trinajstić information content (AvgIpc) is 2.93. The Morgan fingerprint density at radius 3 is 2.91 bits per heavy atom. The topological polar surface area (TPSA) is 65.8 Å². The summed E-state index contributed by atoms with van der Waals surface area (Å²) in [5, 5.41) is 2.87. The van der Waals surface area contributed by atoms with Gasteiger partial charge in [0.2, 0.25) is 5.91 Å². The SMILES string of the molecule is CC1CCCN(CCNC(=O)CN(C)C(=O)c2ccc(Br)o2)C1. The van der Waals surface area contributed by atoms with Gasteiger partial charge < -0.3 is 19.5 Å². The quantitative estimate of drug-likeness (QED) is 0.812. The van der Waals surface area contributed by atoms with Crippen molar-refractivity contribution in [3.8, 4) is 0 Å². The van der Waals surface area contributed by atoms with E-state index in [0.29, 0.717) is 11.2 Å². The second kappa shape index (κ2) is 8.49. The van der Waals surface area contributed by atoms with E-state index in [0.717, 1.165) is 25.6 Å². The maximum Gasteiger partial charge on any atom is 0.289 e. The first-order valence-electron chi connectivity index (χ1n) is 7.95. The molecule has 2 heterocycles. The van der Waals surface area contributed by atoms with Gasteiger partial charge in [-0.1, -0.05) is 6.92 Å². The number of hydrogen-bond donors (Lipinski definition) is 1. The Bertz CT molecular complexity index is 546. The van der Waals surface area contributed by atoms with Gasteiger partial charge in [0.25, 0.3) is 5.91 Å². The number of piperidine rings is 1. The van der Waals surface area contributed by atoms with Crippen molar-refractivity contribution in [3.63, 3.8) is 0 Å². The zero-order valence-electron chi connectivity index (χ0n) is 13.7. The molecular formula is C16H24BrN3O3. The van der Waals surface area contributed by atoms with Crippen LogP contribution in [0.25, 0.3) is 0 Å². The number of nitrogens with zero attached hydrogens (tertiary/aromatic N) is 2. The van der Waals surface area contributed by atoms with Gasteiger partial charge in [0.15, 0.2) is 10.4 Å². The van der Waals surface area contributed by atoms with Gasteiger partial charge in [0.1, 0.15) is 0 Å². The van der Waals surface area contributed by atoms with Crippen molar-refractivity contribution in [3.05, 3.63) is 22.6 Å². The largest absolute Gasteiger partial charge is 0.444 e. The third kappa shape index (κ3) is 5.66. The second-order valence-electron chi connectivity index (χ2n) is 6.16. The van der Waals surface area contributed by atoms with Gasteiger partial charge in [-0.15, -0.1) is 0 Å². The van der Waals surface area contributed by atoms with Gasteiger partial charge in [0.05, 0.1) is 6.54 Å². The van der Waals surface area contributed by atoms with E-state index in [1.807, 2.05) is 0 Å². The number of amides is 2. The Balaban J connectivity index is 1.68. The minimum Gasteiger partial charge on any atom is -0.444 e. The molecule has 6 nitrogen and oxygen atoms in total. The predicted octanol–water partition coefficient (Wildman–Crippen LogP) is 1.96. The van der Waals surface area contributed by atoms with E-state index in [9.17, 15) is 9.59 Å². The van der Waals surface area contributed by atoms with Gasteiger partial charge in [-0.3, -0.25) is 9.59 Å². The van der Waals surface area contributed by atoms with Crippen LogP contribution in [-0.2, 0) is 4.79 Å². The molecule has 1 N–H and O–H groups in total. The fourth-order valence-corrected chi connectivity index (χ4v) is 3.11. The molecule has 1 fully saturated rings. The van der Waals surface area contributed by atoms with Gasteiger partial charge >= 0.3 is 0 Å². The Morgan fingerprint density at radius 2 is 2.26 bits per heavy atom. The molecule has 0 bridgehead atoms. The molecule has 1 unspecified atom stereocenters. The second-order valence-corrected chi connectivity index (χ2v) is 6.94. The highest BCUT2D eigenvalue weighted by Crippen LogP contribution is 2.15. The van der Waals surface area contributed by atoms with Gasteiger partial charge in [-0.25, -0.2) is 0 Å². The molecule has 0 aromatic carbocycles. The highest BCUT2D eigenvalue weighted by atomic mass is 79.9. The predicted molar refractivity (Wildman–Crippen MR) is 91.2 cm³/mol. The lowest BCUT2D eigenvalue weighted by atomic mass is 10.0. The molecule has 1 saturated heterocycles. The summed E-state index contributed by atoms with van der Waals surface area (Å²) in [6, 6.07) is 3.24. The van der Waals surface area contributed by atoms with E-state index in [-0.39, 0.29) is 24.1 Å². The van der Waals surface area contributed by atoms with E-state index in [1.165, 1.54) is 17.7 Å².